The lowest BCUT2D eigenvalue weighted by Crippen LogP contribution is -2.06. The Morgan fingerprint density at radius 2 is 2.31 bits per heavy atom. The van der Waals surface area contributed by atoms with Gasteiger partial charge in [0.25, 0.3) is 0 Å². The van der Waals surface area contributed by atoms with Crippen LogP contribution in [0.25, 0.3) is 5.65 Å². The molecule has 0 saturated heterocycles. The van der Waals surface area contributed by atoms with Gasteiger partial charge in [-0.05, 0) is 41.3 Å². The Morgan fingerprint density at radius 1 is 1.38 bits per heavy atom. The van der Waals surface area contributed by atoms with Gasteiger partial charge in [-0.1, -0.05) is 12.8 Å². The molecule has 1 saturated carbocycles. The number of hydrogen-bond donors (Lipinski definition) is 1. The maximum absolute atomic E-state index is 4.24. The molecule has 1 aliphatic rings. The highest BCUT2D eigenvalue weighted by Crippen LogP contribution is 2.33. The highest BCUT2D eigenvalue weighted by Gasteiger charge is 2.19. The Bertz CT molecular complexity index is 475. The molecule has 6 heteroatoms. The first-order valence-corrected chi connectivity index (χ1v) is 5.71. The van der Waals surface area contributed by atoms with E-state index in [1.54, 1.807) is 0 Å². The zero-order valence-corrected chi connectivity index (χ0v) is 9.00. The maximum atomic E-state index is 4.24. The maximum Gasteiger partial charge on any atom is 0.200 e. The summed E-state index contributed by atoms with van der Waals surface area (Å²) in [6, 6.07) is 3.76. The van der Waals surface area contributed by atoms with Crippen molar-refractivity contribution in [3.05, 3.63) is 12.1 Å². The van der Waals surface area contributed by atoms with Crippen LogP contribution in [0.3, 0.4) is 0 Å². The van der Waals surface area contributed by atoms with Crippen LogP contribution in [-0.4, -0.2) is 31.8 Å². The summed E-state index contributed by atoms with van der Waals surface area (Å²) in [5.41, 5.74) is 0.670. The number of aromatic nitrogens is 5. The Hall–Kier alpha value is -1.72. The van der Waals surface area contributed by atoms with E-state index in [-0.39, 0.29) is 0 Å². The smallest absolute Gasteiger partial charge is 0.200 e. The predicted molar refractivity (Wildman–Crippen MR) is 59.0 cm³/mol. The van der Waals surface area contributed by atoms with Crippen LogP contribution in [0.2, 0.25) is 0 Å². The molecule has 2 aromatic heterocycles. The number of rotatable bonds is 5. The van der Waals surface area contributed by atoms with E-state index in [9.17, 15) is 0 Å². The summed E-state index contributed by atoms with van der Waals surface area (Å²) in [5.74, 6) is 1.83. The molecule has 0 spiro atoms. The molecule has 16 heavy (non-hydrogen) atoms. The van der Waals surface area contributed by atoms with Gasteiger partial charge in [0.1, 0.15) is 5.82 Å². The van der Waals surface area contributed by atoms with E-state index in [1.165, 1.54) is 30.3 Å². The van der Waals surface area contributed by atoms with Crippen LogP contribution in [0, 0.1) is 5.92 Å². The zero-order chi connectivity index (χ0) is 10.8. The fraction of sp³-hybridized carbons (Fsp3) is 0.600. The fourth-order valence-corrected chi connectivity index (χ4v) is 1.76. The summed E-state index contributed by atoms with van der Waals surface area (Å²) in [5, 5.41) is 18.6. The van der Waals surface area contributed by atoms with Crippen LogP contribution in [0.1, 0.15) is 25.7 Å². The van der Waals surface area contributed by atoms with Crippen LogP contribution in [-0.2, 0) is 0 Å². The van der Waals surface area contributed by atoms with Gasteiger partial charge in [-0.25, -0.2) is 0 Å². The molecule has 0 aliphatic heterocycles. The van der Waals surface area contributed by atoms with Crippen LogP contribution in [0.15, 0.2) is 12.1 Å². The fourth-order valence-electron chi connectivity index (χ4n) is 1.76. The van der Waals surface area contributed by atoms with Gasteiger partial charge in [0.05, 0.1) is 0 Å². The summed E-state index contributed by atoms with van der Waals surface area (Å²) in [7, 11) is 0. The number of fused-ring (bicyclic) bond motifs is 1. The first kappa shape index (κ1) is 9.50. The normalized spacial score (nSPS) is 15.5. The Balaban J connectivity index is 1.55. The molecule has 1 N–H and O–H groups in total. The monoisotopic (exact) mass is 218 g/mol. The van der Waals surface area contributed by atoms with E-state index in [1.807, 2.05) is 12.1 Å². The van der Waals surface area contributed by atoms with Crippen molar-refractivity contribution in [1.82, 2.24) is 25.3 Å². The van der Waals surface area contributed by atoms with Gasteiger partial charge < -0.3 is 5.32 Å². The average molecular weight is 218 g/mol. The molecule has 0 bridgehead atoms. The van der Waals surface area contributed by atoms with Crippen molar-refractivity contribution in [1.29, 1.82) is 0 Å². The third kappa shape index (κ3) is 2.10. The minimum atomic E-state index is 0.670. The second-order valence-electron chi connectivity index (χ2n) is 4.26. The highest BCUT2D eigenvalue weighted by molar-refractivity contribution is 5.41. The lowest BCUT2D eigenvalue weighted by molar-refractivity contribution is 0.682. The van der Waals surface area contributed by atoms with Crippen molar-refractivity contribution in [2.24, 2.45) is 5.92 Å². The third-order valence-electron chi connectivity index (χ3n) is 2.86. The van der Waals surface area contributed by atoms with Gasteiger partial charge in [0.15, 0.2) is 5.65 Å². The second-order valence-corrected chi connectivity index (χ2v) is 4.26. The number of anilines is 1. The zero-order valence-electron chi connectivity index (χ0n) is 9.00. The molecule has 1 aliphatic carbocycles. The lowest BCUT2D eigenvalue weighted by atomic mass is 10.2. The predicted octanol–water partition coefficient (Wildman–Crippen LogP) is 1.12. The van der Waals surface area contributed by atoms with Crippen molar-refractivity contribution in [3.8, 4) is 0 Å². The molecule has 3 rings (SSSR count). The third-order valence-corrected chi connectivity index (χ3v) is 2.86. The van der Waals surface area contributed by atoms with Gasteiger partial charge >= 0.3 is 0 Å². The molecule has 0 radical (unpaired) electrons. The van der Waals surface area contributed by atoms with Crippen molar-refractivity contribution >= 4 is 11.5 Å². The molecule has 0 atom stereocenters. The summed E-state index contributed by atoms with van der Waals surface area (Å²) in [6.07, 6.45) is 5.39. The molecule has 0 unspecified atom stereocenters. The number of nitrogens with one attached hydrogen (secondary N) is 1. The van der Waals surface area contributed by atoms with E-state index < -0.39 is 0 Å². The topological polar surface area (TPSA) is 68.0 Å². The highest BCUT2D eigenvalue weighted by atomic mass is 15.6. The number of nitrogens with zero attached hydrogens (tertiary/aromatic N) is 5. The van der Waals surface area contributed by atoms with E-state index in [0.29, 0.717) is 5.65 Å². The lowest BCUT2D eigenvalue weighted by Gasteiger charge is -2.04. The van der Waals surface area contributed by atoms with Crippen molar-refractivity contribution in [2.45, 2.75) is 25.7 Å². The summed E-state index contributed by atoms with van der Waals surface area (Å²) in [6.45, 7) is 0.969. The summed E-state index contributed by atoms with van der Waals surface area (Å²) in [4.78, 5) is 0. The second kappa shape index (κ2) is 4.03. The minimum Gasteiger partial charge on any atom is -0.369 e. The minimum absolute atomic E-state index is 0.670. The molecule has 6 nitrogen and oxygen atoms in total. The molecular formula is C10H14N6. The molecule has 2 aromatic rings. The first-order chi connectivity index (χ1) is 7.92. The largest absolute Gasteiger partial charge is 0.369 e. The van der Waals surface area contributed by atoms with E-state index in [2.05, 4.69) is 25.9 Å². The van der Waals surface area contributed by atoms with Crippen LogP contribution in [0.4, 0.5) is 5.82 Å². The van der Waals surface area contributed by atoms with Crippen LogP contribution in [0.5, 0.6) is 0 Å². The standard InChI is InChI=1S/C10H14N6/c1(2-8-3-4-8)7-11-9-5-6-10-12-14-15-16(10)13-9/h5-6,8H,1-4,7H2,(H,11,13). The Kier molecular flexibility index (Phi) is 2.40. The van der Waals surface area contributed by atoms with Crippen LogP contribution < -0.4 is 5.32 Å². The van der Waals surface area contributed by atoms with Gasteiger partial charge in [-0.15, -0.1) is 14.8 Å². The summed E-state index contributed by atoms with van der Waals surface area (Å²) >= 11 is 0. The molecule has 2 heterocycles. The van der Waals surface area contributed by atoms with E-state index >= 15 is 0 Å². The number of tetrazole rings is 1. The van der Waals surface area contributed by atoms with E-state index in [4.69, 9.17) is 0 Å². The van der Waals surface area contributed by atoms with Gasteiger partial charge in [0.2, 0.25) is 0 Å². The number of hydrogen-bond acceptors (Lipinski definition) is 5. The SMILES string of the molecule is c1cc2nnnn2nc1NCCCC1CC1. The van der Waals surface area contributed by atoms with Gasteiger partial charge in [-0.3, -0.25) is 0 Å². The van der Waals surface area contributed by atoms with E-state index in [0.717, 1.165) is 18.3 Å². The van der Waals surface area contributed by atoms with Crippen molar-refractivity contribution in [2.75, 3.05) is 11.9 Å². The van der Waals surface area contributed by atoms with Crippen molar-refractivity contribution < 1.29 is 0 Å². The Morgan fingerprint density at radius 3 is 3.19 bits per heavy atom. The molecule has 84 valence electrons. The molecule has 1 fully saturated rings. The molecular weight excluding hydrogens is 204 g/mol. The quantitative estimate of drug-likeness (QED) is 0.762. The average Bonchev–Trinajstić information content (AvgIpc) is 3.01. The molecule has 0 aromatic carbocycles. The van der Waals surface area contributed by atoms with Crippen molar-refractivity contribution in [3.63, 3.8) is 0 Å². The Labute approximate surface area is 93.0 Å². The molecule has 0 amide bonds. The van der Waals surface area contributed by atoms with Crippen LogP contribution >= 0.6 is 0 Å². The van der Waals surface area contributed by atoms with Gasteiger partial charge in [0, 0.05) is 6.54 Å². The first-order valence-electron chi connectivity index (χ1n) is 5.71. The van der Waals surface area contributed by atoms with Gasteiger partial charge in [-0.2, -0.15) is 0 Å². The summed E-state index contributed by atoms with van der Waals surface area (Å²) < 4.78 is 1.43.